The quantitative estimate of drug-likeness (QED) is 0.530. The van der Waals surface area contributed by atoms with Crippen LogP contribution in [0.2, 0.25) is 0 Å². The normalized spacial score (nSPS) is 11.5. The Morgan fingerprint density at radius 1 is 0.792 bits per heavy atom. The van der Waals surface area contributed by atoms with E-state index in [1.54, 1.807) is 24.4 Å². The molecular formula is C17H10F3NO2S. The third-order valence-corrected chi connectivity index (χ3v) is 5.14. The number of halogens is 3. The summed E-state index contributed by atoms with van der Waals surface area (Å²) in [5.41, 5.74) is 1.34. The van der Waals surface area contributed by atoms with Gasteiger partial charge in [-0.05, 0) is 36.4 Å². The minimum Gasteiger partial charge on any atom is -0.256 e. The molecule has 0 aliphatic heterocycles. The number of hydrogen-bond donors (Lipinski definition) is 0. The van der Waals surface area contributed by atoms with Gasteiger partial charge in [0.25, 0.3) is 0 Å². The highest BCUT2D eigenvalue weighted by atomic mass is 32.2. The van der Waals surface area contributed by atoms with Gasteiger partial charge in [-0.2, -0.15) is 0 Å². The number of hydrogen-bond acceptors (Lipinski definition) is 3. The lowest BCUT2D eigenvalue weighted by Crippen LogP contribution is -2.05. The number of rotatable bonds is 3. The van der Waals surface area contributed by atoms with Crippen LogP contribution in [0.4, 0.5) is 13.2 Å². The molecule has 7 heteroatoms. The van der Waals surface area contributed by atoms with Crippen LogP contribution < -0.4 is 0 Å². The van der Waals surface area contributed by atoms with Crippen LogP contribution in [-0.2, 0) is 9.84 Å². The molecule has 1 aromatic heterocycles. The zero-order valence-electron chi connectivity index (χ0n) is 12.1. The Kier molecular flexibility index (Phi) is 4.11. The number of nitrogens with zero attached hydrogens (tertiary/aromatic N) is 1. The van der Waals surface area contributed by atoms with E-state index in [-0.39, 0.29) is 4.90 Å². The van der Waals surface area contributed by atoms with Crippen molar-refractivity contribution >= 4 is 9.84 Å². The minimum absolute atomic E-state index is 0.160. The highest BCUT2D eigenvalue weighted by molar-refractivity contribution is 7.91. The molecule has 0 atom stereocenters. The zero-order valence-corrected chi connectivity index (χ0v) is 12.9. The summed E-state index contributed by atoms with van der Waals surface area (Å²) in [5.74, 6) is -4.82. The monoisotopic (exact) mass is 349 g/mol. The maximum Gasteiger partial charge on any atom is 0.206 e. The summed E-state index contributed by atoms with van der Waals surface area (Å²) in [7, 11) is -4.17. The van der Waals surface area contributed by atoms with Crippen LogP contribution in [0.25, 0.3) is 11.3 Å². The van der Waals surface area contributed by atoms with Crippen molar-refractivity contribution in [1.29, 1.82) is 0 Å². The first-order valence-corrected chi connectivity index (χ1v) is 8.29. The molecule has 3 rings (SSSR count). The van der Waals surface area contributed by atoms with Crippen molar-refractivity contribution in [2.24, 2.45) is 0 Å². The van der Waals surface area contributed by atoms with Crippen LogP contribution in [0.5, 0.6) is 0 Å². The first-order valence-electron chi connectivity index (χ1n) is 6.81. The first kappa shape index (κ1) is 16.2. The van der Waals surface area contributed by atoms with Gasteiger partial charge in [0, 0.05) is 11.8 Å². The van der Waals surface area contributed by atoms with Gasteiger partial charge in [0.2, 0.25) is 9.84 Å². The van der Waals surface area contributed by atoms with Crippen molar-refractivity contribution in [1.82, 2.24) is 4.98 Å². The highest BCUT2D eigenvalue weighted by Gasteiger charge is 2.22. The van der Waals surface area contributed by atoms with E-state index in [1.165, 1.54) is 24.3 Å². The highest BCUT2D eigenvalue weighted by Crippen LogP contribution is 2.26. The zero-order chi connectivity index (χ0) is 17.3. The van der Waals surface area contributed by atoms with Crippen molar-refractivity contribution in [3.63, 3.8) is 0 Å². The maximum absolute atomic E-state index is 13.3. The topological polar surface area (TPSA) is 47.0 Å². The van der Waals surface area contributed by atoms with Crippen molar-refractivity contribution in [2.45, 2.75) is 9.79 Å². The smallest absolute Gasteiger partial charge is 0.206 e. The fourth-order valence-corrected chi connectivity index (χ4v) is 3.45. The third-order valence-electron chi connectivity index (χ3n) is 3.39. The second-order valence-corrected chi connectivity index (χ2v) is 6.89. The SMILES string of the molecule is O=S(=O)(c1ccc(-c2ccccn2)cc1)c1cc(F)c(F)c(F)c1. The standard InChI is InChI=1S/C17H10F3NO2S/c18-14-9-13(10-15(19)17(14)20)24(22,23)12-6-4-11(5-7-12)16-3-1-2-8-21-16/h1-10H. The maximum atomic E-state index is 13.3. The Hall–Kier alpha value is -2.67. The van der Waals surface area contributed by atoms with Gasteiger partial charge in [0.1, 0.15) is 0 Å². The molecule has 0 N–H and O–H groups in total. The van der Waals surface area contributed by atoms with Gasteiger partial charge in [0.05, 0.1) is 15.5 Å². The Balaban J connectivity index is 2.02. The lowest BCUT2D eigenvalue weighted by atomic mass is 10.1. The largest absolute Gasteiger partial charge is 0.256 e. The summed E-state index contributed by atoms with van der Waals surface area (Å²) < 4.78 is 64.4. The van der Waals surface area contributed by atoms with E-state index in [4.69, 9.17) is 0 Å². The molecule has 0 bridgehead atoms. The lowest BCUT2D eigenvalue weighted by Gasteiger charge is -2.07. The molecule has 0 fully saturated rings. The molecule has 0 saturated carbocycles. The molecule has 24 heavy (non-hydrogen) atoms. The van der Waals surface area contributed by atoms with E-state index in [1.807, 2.05) is 0 Å². The number of benzene rings is 2. The van der Waals surface area contributed by atoms with Gasteiger partial charge in [-0.3, -0.25) is 4.98 Å². The van der Waals surface area contributed by atoms with Gasteiger partial charge in [-0.25, -0.2) is 21.6 Å². The van der Waals surface area contributed by atoms with E-state index >= 15 is 0 Å². The number of pyridine rings is 1. The predicted octanol–water partition coefficient (Wildman–Crippen LogP) is 4.00. The molecule has 0 spiro atoms. The van der Waals surface area contributed by atoms with Gasteiger partial charge in [-0.1, -0.05) is 18.2 Å². The lowest BCUT2D eigenvalue weighted by molar-refractivity contribution is 0.442. The molecule has 2 aromatic carbocycles. The van der Waals surface area contributed by atoms with Gasteiger partial charge < -0.3 is 0 Å². The molecule has 3 nitrogen and oxygen atoms in total. The Morgan fingerprint density at radius 3 is 1.96 bits per heavy atom. The Bertz CT molecular complexity index is 965. The molecule has 3 aromatic rings. The van der Waals surface area contributed by atoms with Gasteiger partial charge in [0.15, 0.2) is 17.5 Å². The van der Waals surface area contributed by atoms with Crippen LogP contribution in [-0.4, -0.2) is 13.4 Å². The number of sulfone groups is 1. The van der Waals surface area contributed by atoms with Crippen LogP contribution in [0.1, 0.15) is 0 Å². The summed E-state index contributed by atoms with van der Waals surface area (Å²) >= 11 is 0. The summed E-state index contributed by atoms with van der Waals surface area (Å²) in [5, 5.41) is 0. The van der Waals surface area contributed by atoms with Crippen molar-refractivity contribution in [3.8, 4) is 11.3 Å². The van der Waals surface area contributed by atoms with E-state index in [0.717, 1.165) is 0 Å². The van der Waals surface area contributed by atoms with E-state index in [9.17, 15) is 21.6 Å². The summed E-state index contributed by atoms with van der Waals surface area (Å²) in [6.07, 6.45) is 1.60. The van der Waals surface area contributed by atoms with Crippen LogP contribution in [0, 0.1) is 17.5 Å². The molecular weight excluding hydrogens is 339 g/mol. The Labute approximate surface area is 136 Å². The van der Waals surface area contributed by atoms with Crippen LogP contribution in [0.15, 0.2) is 70.6 Å². The average Bonchev–Trinajstić information content (AvgIpc) is 2.60. The number of aromatic nitrogens is 1. The van der Waals surface area contributed by atoms with E-state index < -0.39 is 32.2 Å². The molecule has 0 amide bonds. The molecule has 0 aliphatic carbocycles. The van der Waals surface area contributed by atoms with Crippen molar-refractivity contribution in [2.75, 3.05) is 0 Å². The van der Waals surface area contributed by atoms with Crippen molar-refractivity contribution in [3.05, 3.63) is 78.2 Å². The van der Waals surface area contributed by atoms with E-state index in [0.29, 0.717) is 23.4 Å². The predicted molar refractivity (Wildman–Crippen MR) is 81.4 cm³/mol. The van der Waals surface area contributed by atoms with Gasteiger partial charge in [-0.15, -0.1) is 0 Å². The first-order chi connectivity index (χ1) is 11.4. The fraction of sp³-hybridized carbons (Fsp3) is 0. The second kappa shape index (κ2) is 6.09. The van der Waals surface area contributed by atoms with Gasteiger partial charge >= 0.3 is 0 Å². The van der Waals surface area contributed by atoms with Crippen LogP contribution >= 0.6 is 0 Å². The third kappa shape index (κ3) is 2.90. The molecule has 0 saturated heterocycles. The summed E-state index contributed by atoms with van der Waals surface area (Å²) in [6, 6.07) is 11.9. The fourth-order valence-electron chi connectivity index (χ4n) is 2.16. The van der Waals surface area contributed by atoms with E-state index in [2.05, 4.69) is 4.98 Å². The van der Waals surface area contributed by atoms with Crippen LogP contribution in [0.3, 0.4) is 0 Å². The average molecular weight is 349 g/mol. The second-order valence-electron chi connectivity index (χ2n) is 4.94. The molecule has 1 heterocycles. The molecule has 122 valence electrons. The molecule has 0 aliphatic rings. The minimum atomic E-state index is -4.17. The summed E-state index contributed by atoms with van der Waals surface area (Å²) in [6.45, 7) is 0. The molecule has 0 unspecified atom stereocenters. The summed E-state index contributed by atoms with van der Waals surface area (Å²) in [4.78, 5) is 3.33. The van der Waals surface area contributed by atoms with Crippen molar-refractivity contribution < 1.29 is 21.6 Å². The molecule has 0 radical (unpaired) electrons. The Morgan fingerprint density at radius 2 is 1.42 bits per heavy atom.